The van der Waals surface area contributed by atoms with Gasteiger partial charge in [0.1, 0.15) is 0 Å². The molecular weight excluding hydrogens is 380 g/mol. The van der Waals surface area contributed by atoms with Crippen LogP contribution in [0.25, 0.3) is 0 Å². The number of aromatic nitrogens is 1. The van der Waals surface area contributed by atoms with Crippen molar-refractivity contribution in [1.82, 2.24) is 9.88 Å². The van der Waals surface area contributed by atoms with Crippen molar-refractivity contribution in [3.05, 3.63) is 30.1 Å². The maximum Gasteiger partial charge on any atom is 0.222 e. The molecule has 0 bridgehead atoms. The quantitative estimate of drug-likeness (QED) is 0.585. The lowest BCUT2D eigenvalue weighted by atomic mass is 9.46. The van der Waals surface area contributed by atoms with Crippen LogP contribution in [0.1, 0.15) is 84.3 Å². The molecule has 8 atom stereocenters. The summed E-state index contributed by atoms with van der Waals surface area (Å²) in [7, 11) is 2.08. The number of piperidine rings is 1. The lowest BCUT2D eigenvalue weighted by molar-refractivity contribution is -0.159. The van der Waals surface area contributed by atoms with E-state index >= 15 is 0 Å². The number of carbonyl (C=O) groups is 1. The first-order chi connectivity index (χ1) is 14.9. The van der Waals surface area contributed by atoms with Gasteiger partial charge in [-0.3, -0.25) is 9.78 Å². The maximum absolute atomic E-state index is 12.4. The van der Waals surface area contributed by atoms with E-state index in [9.17, 15) is 4.79 Å². The number of nitrogens with zero attached hydrogens (tertiary/aromatic N) is 2. The lowest BCUT2D eigenvalue weighted by Gasteiger charge is -2.62. The van der Waals surface area contributed by atoms with Crippen LogP contribution in [0.3, 0.4) is 0 Å². The van der Waals surface area contributed by atoms with Gasteiger partial charge in [-0.05, 0) is 104 Å². The van der Waals surface area contributed by atoms with Crippen LogP contribution in [0, 0.1) is 40.4 Å². The van der Waals surface area contributed by atoms with Gasteiger partial charge in [0.15, 0.2) is 0 Å². The van der Waals surface area contributed by atoms with E-state index in [0.717, 1.165) is 48.9 Å². The Morgan fingerprint density at radius 1 is 1.06 bits per heavy atom. The fourth-order valence-corrected chi connectivity index (χ4v) is 9.32. The summed E-state index contributed by atoms with van der Waals surface area (Å²) in [6, 6.07) is 6.87. The third kappa shape index (κ3) is 3.28. The molecule has 2 heterocycles. The van der Waals surface area contributed by atoms with Crippen molar-refractivity contribution >= 4 is 5.91 Å². The number of carbonyl (C=O) groups excluding carboxylic acids is 1. The Bertz CT molecular complexity index is 808. The molecule has 2 unspecified atom stereocenters. The average Bonchev–Trinajstić information content (AvgIpc) is 3.13. The van der Waals surface area contributed by atoms with E-state index in [0.29, 0.717) is 22.8 Å². The molecule has 1 aromatic heterocycles. The fourth-order valence-electron chi connectivity index (χ4n) is 9.32. The van der Waals surface area contributed by atoms with Crippen LogP contribution in [0.4, 0.5) is 0 Å². The maximum atomic E-state index is 12.4. The summed E-state index contributed by atoms with van der Waals surface area (Å²) in [5, 5.41) is 0. The molecule has 1 aliphatic heterocycles. The van der Waals surface area contributed by atoms with E-state index in [1.165, 1.54) is 50.6 Å². The molecule has 1 aromatic rings. The van der Waals surface area contributed by atoms with Gasteiger partial charge in [0, 0.05) is 31.4 Å². The Kier molecular flexibility index (Phi) is 5.46. The number of amides is 1. The van der Waals surface area contributed by atoms with Gasteiger partial charge in [-0.2, -0.15) is 0 Å². The predicted octanol–water partition coefficient (Wildman–Crippen LogP) is 6.13. The van der Waals surface area contributed by atoms with Crippen LogP contribution in [0.15, 0.2) is 24.4 Å². The highest BCUT2D eigenvalue weighted by atomic mass is 16.2. The number of pyridine rings is 1. The normalized spacial score (nSPS) is 43.2. The topological polar surface area (TPSA) is 33.2 Å². The van der Waals surface area contributed by atoms with E-state index in [-0.39, 0.29) is 0 Å². The molecule has 1 saturated heterocycles. The van der Waals surface area contributed by atoms with Gasteiger partial charge in [-0.1, -0.05) is 33.3 Å². The second-order valence-electron chi connectivity index (χ2n) is 11.9. The van der Waals surface area contributed by atoms with Crippen molar-refractivity contribution < 1.29 is 4.79 Å². The minimum absolute atomic E-state index is 0.336. The molecule has 0 spiro atoms. The van der Waals surface area contributed by atoms with Crippen molar-refractivity contribution in [2.45, 2.75) is 91.0 Å². The molecular formula is C28H42N2O. The van der Waals surface area contributed by atoms with E-state index in [1.807, 2.05) is 12.3 Å². The van der Waals surface area contributed by atoms with Crippen LogP contribution >= 0.6 is 0 Å². The minimum Gasteiger partial charge on any atom is -0.342 e. The average molecular weight is 423 g/mol. The van der Waals surface area contributed by atoms with Crippen molar-refractivity contribution in [2.75, 3.05) is 7.05 Å². The Morgan fingerprint density at radius 3 is 2.61 bits per heavy atom. The first kappa shape index (κ1) is 21.5. The molecule has 31 heavy (non-hydrogen) atoms. The Labute approximate surface area is 189 Å². The zero-order valence-electron chi connectivity index (χ0n) is 20.1. The summed E-state index contributed by atoms with van der Waals surface area (Å²) in [4.78, 5) is 19.2. The molecule has 170 valence electrons. The standard InChI is InChI=1S/C28H42N2O/c1-5-19(18-20-8-6-7-17-29-20)22-10-11-23-21-9-12-25-28(3,16-14-26(31)30(25)4)24(21)13-15-27(22,23)2/h6-8,17,19,21-25H,5,9-16,18H2,1-4H3/t19?,21-,22+,23-,24-,25?,27+,28+/m0/s1. The Hall–Kier alpha value is -1.38. The van der Waals surface area contributed by atoms with Gasteiger partial charge in [0.25, 0.3) is 0 Å². The first-order valence-electron chi connectivity index (χ1n) is 13.0. The van der Waals surface area contributed by atoms with Crippen molar-refractivity contribution in [3.63, 3.8) is 0 Å². The summed E-state index contributed by atoms with van der Waals surface area (Å²) >= 11 is 0. The summed E-state index contributed by atoms with van der Waals surface area (Å²) in [6.07, 6.45) is 14.4. The lowest BCUT2D eigenvalue weighted by Crippen LogP contribution is -2.61. The predicted molar refractivity (Wildman–Crippen MR) is 125 cm³/mol. The number of fused-ring (bicyclic) bond motifs is 5. The molecule has 3 nitrogen and oxygen atoms in total. The largest absolute Gasteiger partial charge is 0.342 e. The molecule has 0 radical (unpaired) electrons. The smallest absolute Gasteiger partial charge is 0.222 e. The fraction of sp³-hybridized carbons (Fsp3) is 0.786. The molecule has 4 aliphatic rings. The van der Waals surface area contributed by atoms with E-state index < -0.39 is 0 Å². The van der Waals surface area contributed by atoms with Gasteiger partial charge in [-0.15, -0.1) is 0 Å². The van der Waals surface area contributed by atoms with E-state index in [1.54, 1.807) is 0 Å². The highest BCUT2D eigenvalue weighted by Crippen LogP contribution is 2.67. The van der Waals surface area contributed by atoms with Gasteiger partial charge < -0.3 is 4.90 Å². The van der Waals surface area contributed by atoms with Gasteiger partial charge in [-0.25, -0.2) is 0 Å². The second-order valence-corrected chi connectivity index (χ2v) is 11.9. The van der Waals surface area contributed by atoms with Gasteiger partial charge in [0.05, 0.1) is 0 Å². The number of hydrogen-bond donors (Lipinski definition) is 0. The van der Waals surface area contributed by atoms with Crippen molar-refractivity contribution in [3.8, 4) is 0 Å². The van der Waals surface area contributed by atoms with E-state index in [4.69, 9.17) is 0 Å². The number of likely N-dealkylation sites (tertiary alicyclic amines) is 1. The third-order valence-corrected chi connectivity index (χ3v) is 10.9. The Balaban J connectivity index is 1.37. The van der Waals surface area contributed by atoms with Crippen LogP contribution in [0.2, 0.25) is 0 Å². The van der Waals surface area contributed by atoms with Crippen LogP contribution in [-0.2, 0) is 11.2 Å². The van der Waals surface area contributed by atoms with Crippen molar-refractivity contribution in [2.24, 2.45) is 40.4 Å². The molecule has 3 heteroatoms. The van der Waals surface area contributed by atoms with Gasteiger partial charge in [0.2, 0.25) is 5.91 Å². The zero-order chi connectivity index (χ0) is 21.8. The summed E-state index contributed by atoms with van der Waals surface area (Å²) in [6.45, 7) is 7.61. The molecule has 5 rings (SSSR count). The summed E-state index contributed by atoms with van der Waals surface area (Å²) in [5.41, 5.74) is 2.11. The third-order valence-electron chi connectivity index (χ3n) is 10.9. The highest BCUT2D eigenvalue weighted by molar-refractivity contribution is 5.77. The monoisotopic (exact) mass is 422 g/mol. The highest BCUT2D eigenvalue weighted by Gasteiger charge is 2.61. The summed E-state index contributed by atoms with van der Waals surface area (Å²) in [5.74, 6) is 4.55. The number of hydrogen-bond acceptors (Lipinski definition) is 2. The molecule has 4 fully saturated rings. The van der Waals surface area contributed by atoms with E-state index in [2.05, 4.69) is 49.8 Å². The minimum atomic E-state index is 0.336. The summed E-state index contributed by atoms with van der Waals surface area (Å²) < 4.78 is 0. The first-order valence-corrected chi connectivity index (χ1v) is 13.0. The Morgan fingerprint density at radius 2 is 1.87 bits per heavy atom. The molecule has 1 amide bonds. The van der Waals surface area contributed by atoms with Crippen molar-refractivity contribution in [1.29, 1.82) is 0 Å². The number of rotatable bonds is 4. The molecule has 0 aromatic carbocycles. The van der Waals surface area contributed by atoms with Gasteiger partial charge >= 0.3 is 0 Å². The van der Waals surface area contributed by atoms with Crippen LogP contribution < -0.4 is 0 Å². The van der Waals surface area contributed by atoms with Crippen LogP contribution in [-0.4, -0.2) is 28.9 Å². The zero-order valence-corrected chi connectivity index (χ0v) is 20.1. The second kappa shape index (κ2) is 7.89. The SMILES string of the molecule is CCC(Cc1ccccn1)[C@H]1CC[C@H]2[C@@H]3CCC4N(C)C(=O)CC[C@]4(C)[C@H]3CC[C@]12C. The molecule has 0 N–H and O–H groups in total. The molecule has 3 aliphatic carbocycles. The molecule has 3 saturated carbocycles. The van der Waals surface area contributed by atoms with Crippen LogP contribution in [0.5, 0.6) is 0 Å².